The highest BCUT2D eigenvalue weighted by molar-refractivity contribution is 6.07. The van der Waals surface area contributed by atoms with E-state index in [9.17, 15) is 0 Å². The quantitative estimate of drug-likeness (QED) is 0.183. The van der Waals surface area contributed by atoms with Crippen molar-refractivity contribution >= 4 is 21.9 Å². The highest BCUT2D eigenvalue weighted by Crippen LogP contribution is 2.50. The molecule has 3 aromatic heterocycles. The van der Waals surface area contributed by atoms with Gasteiger partial charge in [-0.15, -0.1) is 0 Å². The fourth-order valence-corrected chi connectivity index (χ4v) is 7.85. The number of benzene rings is 6. The van der Waals surface area contributed by atoms with Gasteiger partial charge in [-0.3, -0.25) is 4.57 Å². The van der Waals surface area contributed by atoms with Crippen LogP contribution in [0.3, 0.4) is 0 Å². The van der Waals surface area contributed by atoms with Gasteiger partial charge in [0.2, 0.25) is 0 Å². The summed E-state index contributed by atoms with van der Waals surface area (Å²) in [6.07, 6.45) is 1.88. The topological polar surface area (TPSA) is 56.5 Å². The van der Waals surface area contributed by atoms with Gasteiger partial charge in [0.15, 0.2) is 17.5 Å². The molecule has 0 spiro atoms. The number of fused-ring (bicyclic) bond motifs is 6. The third-order valence-electron chi connectivity index (χ3n) is 10.5. The minimum atomic E-state index is -0.256. The molecule has 0 saturated heterocycles. The van der Waals surface area contributed by atoms with E-state index in [0.717, 1.165) is 44.5 Å². The summed E-state index contributed by atoms with van der Waals surface area (Å²) in [7, 11) is 0. The fourth-order valence-electron chi connectivity index (χ4n) is 7.85. The normalized spacial score (nSPS) is 13.0. The van der Waals surface area contributed by atoms with Crippen LogP contribution in [0.5, 0.6) is 0 Å². The second-order valence-corrected chi connectivity index (χ2v) is 14.0. The van der Waals surface area contributed by atoms with E-state index in [1.807, 2.05) is 48.7 Å². The second kappa shape index (κ2) is 11.7. The average molecular weight is 668 g/mol. The average Bonchev–Trinajstić information content (AvgIpc) is 3.66. The number of hydrogen-bond acceptors (Lipinski definition) is 4. The first-order valence-corrected chi connectivity index (χ1v) is 17.6. The molecule has 0 saturated carbocycles. The van der Waals surface area contributed by atoms with Crippen molar-refractivity contribution in [3.05, 3.63) is 175 Å². The standard InChI is InChI=1S/C47H33N5/c1-47(2)40-28-34(23-25-36(40)37-26-24-35(29-41(37)47)52-42-18-10-9-16-38(42)39-17-11-27-48-46(39)52)45-50-43(32-14-7-4-8-15-32)49-44(51-45)33-21-19-31(20-22-33)30-12-5-3-6-13-30/h3-29H,1-2H3. The fraction of sp³-hybridized carbons (Fsp3) is 0.0638. The molecule has 1 aliphatic rings. The van der Waals surface area contributed by atoms with E-state index in [4.69, 9.17) is 19.9 Å². The summed E-state index contributed by atoms with van der Waals surface area (Å²) in [6.45, 7) is 4.63. The van der Waals surface area contributed by atoms with Gasteiger partial charge in [-0.05, 0) is 69.8 Å². The predicted molar refractivity (Wildman–Crippen MR) is 211 cm³/mol. The maximum Gasteiger partial charge on any atom is 0.164 e. The highest BCUT2D eigenvalue weighted by Gasteiger charge is 2.36. The molecule has 0 amide bonds. The smallest absolute Gasteiger partial charge is 0.164 e. The Bertz CT molecular complexity index is 2750. The second-order valence-electron chi connectivity index (χ2n) is 14.0. The summed E-state index contributed by atoms with van der Waals surface area (Å²) < 4.78 is 2.29. The van der Waals surface area contributed by atoms with E-state index in [2.05, 4.69) is 134 Å². The molecule has 0 unspecified atom stereocenters. The Hall–Kier alpha value is -6.72. The molecule has 0 bridgehead atoms. The van der Waals surface area contributed by atoms with Crippen LogP contribution in [-0.4, -0.2) is 24.5 Å². The van der Waals surface area contributed by atoms with Crippen molar-refractivity contribution in [2.24, 2.45) is 0 Å². The van der Waals surface area contributed by atoms with Gasteiger partial charge in [0, 0.05) is 44.8 Å². The zero-order valence-electron chi connectivity index (χ0n) is 28.8. The van der Waals surface area contributed by atoms with Crippen LogP contribution in [0.15, 0.2) is 164 Å². The van der Waals surface area contributed by atoms with Crippen LogP contribution in [0.1, 0.15) is 25.0 Å². The van der Waals surface area contributed by atoms with Crippen molar-refractivity contribution in [2.45, 2.75) is 19.3 Å². The molecule has 0 radical (unpaired) electrons. The molecule has 1 aliphatic carbocycles. The lowest BCUT2D eigenvalue weighted by molar-refractivity contribution is 0.660. The Kier molecular flexibility index (Phi) is 6.77. The molecule has 0 atom stereocenters. The molecular formula is C47H33N5. The van der Waals surface area contributed by atoms with Crippen LogP contribution in [0, 0.1) is 0 Å². The van der Waals surface area contributed by atoms with Crippen molar-refractivity contribution in [2.75, 3.05) is 0 Å². The van der Waals surface area contributed by atoms with Crippen LogP contribution in [-0.2, 0) is 5.41 Å². The first kappa shape index (κ1) is 30.1. The van der Waals surface area contributed by atoms with Crippen LogP contribution in [0.25, 0.3) is 84.0 Å². The van der Waals surface area contributed by atoms with E-state index < -0.39 is 0 Å². The molecule has 3 heterocycles. The van der Waals surface area contributed by atoms with Gasteiger partial charge < -0.3 is 0 Å². The van der Waals surface area contributed by atoms with Crippen molar-refractivity contribution in [1.29, 1.82) is 0 Å². The SMILES string of the molecule is CC1(C)c2cc(-c3nc(-c4ccccc4)nc(-c4ccc(-c5ccccc5)cc4)n3)ccc2-c2ccc(-n3c4ccccc4c4cccnc43)cc21. The van der Waals surface area contributed by atoms with Gasteiger partial charge in [-0.2, -0.15) is 0 Å². The maximum atomic E-state index is 5.10. The largest absolute Gasteiger partial charge is 0.294 e. The molecule has 0 N–H and O–H groups in total. The summed E-state index contributed by atoms with van der Waals surface area (Å²) in [5, 5.41) is 2.36. The minimum absolute atomic E-state index is 0.256. The number of nitrogens with zero attached hydrogens (tertiary/aromatic N) is 5. The molecule has 10 rings (SSSR count). The lowest BCUT2D eigenvalue weighted by Crippen LogP contribution is -2.15. The minimum Gasteiger partial charge on any atom is -0.294 e. The molecule has 6 aromatic carbocycles. The Labute approximate surface area is 302 Å². The number of rotatable bonds is 5. The summed E-state index contributed by atoms with van der Waals surface area (Å²) in [5.41, 5.74) is 13.2. The zero-order valence-corrected chi connectivity index (χ0v) is 28.8. The maximum absolute atomic E-state index is 5.10. The molecule has 246 valence electrons. The third-order valence-corrected chi connectivity index (χ3v) is 10.5. The lowest BCUT2D eigenvalue weighted by atomic mass is 9.82. The molecular weight excluding hydrogens is 635 g/mol. The highest BCUT2D eigenvalue weighted by atomic mass is 15.0. The number of para-hydroxylation sites is 1. The zero-order chi connectivity index (χ0) is 34.8. The third kappa shape index (κ3) is 4.78. The summed E-state index contributed by atoms with van der Waals surface area (Å²) >= 11 is 0. The van der Waals surface area contributed by atoms with E-state index in [0.29, 0.717) is 17.5 Å². The van der Waals surface area contributed by atoms with Crippen LogP contribution in [0.4, 0.5) is 0 Å². The van der Waals surface area contributed by atoms with Gasteiger partial charge in [0.05, 0.1) is 5.52 Å². The van der Waals surface area contributed by atoms with Crippen molar-refractivity contribution in [1.82, 2.24) is 24.5 Å². The van der Waals surface area contributed by atoms with Gasteiger partial charge >= 0.3 is 0 Å². The summed E-state index contributed by atoms with van der Waals surface area (Å²) in [6, 6.07) is 55.3. The Balaban J connectivity index is 1.07. The van der Waals surface area contributed by atoms with Gasteiger partial charge in [-0.25, -0.2) is 19.9 Å². The lowest BCUT2D eigenvalue weighted by Gasteiger charge is -2.23. The van der Waals surface area contributed by atoms with Crippen molar-refractivity contribution in [3.8, 4) is 62.1 Å². The number of hydrogen-bond donors (Lipinski definition) is 0. The van der Waals surface area contributed by atoms with Gasteiger partial charge in [0.1, 0.15) is 5.65 Å². The Morgan fingerprint density at radius 3 is 1.69 bits per heavy atom. The van der Waals surface area contributed by atoms with E-state index in [-0.39, 0.29) is 5.41 Å². The number of pyridine rings is 1. The molecule has 5 nitrogen and oxygen atoms in total. The molecule has 0 aliphatic heterocycles. The monoisotopic (exact) mass is 667 g/mol. The van der Waals surface area contributed by atoms with Gasteiger partial charge in [-0.1, -0.05) is 135 Å². The van der Waals surface area contributed by atoms with Gasteiger partial charge in [0.25, 0.3) is 0 Å². The molecule has 9 aromatic rings. The van der Waals surface area contributed by atoms with E-state index in [1.165, 1.54) is 33.2 Å². The molecule has 52 heavy (non-hydrogen) atoms. The Morgan fingerprint density at radius 1 is 0.442 bits per heavy atom. The predicted octanol–water partition coefficient (Wildman–Crippen LogP) is 11.3. The molecule has 5 heteroatoms. The summed E-state index contributed by atoms with van der Waals surface area (Å²) in [4.78, 5) is 20.0. The number of aromatic nitrogens is 5. The first-order valence-electron chi connectivity index (χ1n) is 17.6. The Morgan fingerprint density at radius 2 is 0.962 bits per heavy atom. The van der Waals surface area contributed by atoms with Crippen LogP contribution in [0.2, 0.25) is 0 Å². The van der Waals surface area contributed by atoms with Crippen molar-refractivity contribution < 1.29 is 0 Å². The summed E-state index contributed by atoms with van der Waals surface area (Å²) in [5.74, 6) is 1.96. The van der Waals surface area contributed by atoms with Crippen LogP contribution >= 0.6 is 0 Å². The van der Waals surface area contributed by atoms with Crippen molar-refractivity contribution in [3.63, 3.8) is 0 Å². The van der Waals surface area contributed by atoms with E-state index in [1.54, 1.807) is 0 Å². The first-order chi connectivity index (χ1) is 25.5. The van der Waals surface area contributed by atoms with E-state index >= 15 is 0 Å². The van der Waals surface area contributed by atoms with Crippen LogP contribution < -0.4 is 0 Å². The molecule has 0 fully saturated rings.